The third-order valence-electron chi connectivity index (χ3n) is 7.25. The molecular formula is C29H29N5O. The lowest BCUT2D eigenvalue weighted by Gasteiger charge is -2.41. The molecule has 0 spiro atoms. The van der Waals surface area contributed by atoms with Crippen LogP contribution in [0.25, 0.3) is 38.8 Å². The first-order valence-corrected chi connectivity index (χ1v) is 12.3. The maximum atomic E-state index is 5.29. The van der Waals surface area contributed by atoms with E-state index in [1.807, 2.05) is 41.2 Å². The van der Waals surface area contributed by atoms with Gasteiger partial charge < -0.3 is 9.64 Å². The van der Waals surface area contributed by atoms with Crippen LogP contribution in [0.15, 0.2) is 73.2 Å². The number of nitrogens with zero attached hydrogens (tertiary/aromatic N) is 5. The van der Waals surface area contributed by atoms with Gasteiger partial charge in [0.2, 0.25) is 5.88 Å². The molecule has 2 aromatic carbocycles. The van der Waals surface area contributed by atoms with Crippen molar-refractivity contribution in [3.8, 4) is 28.1 Å². The molecule has 1 aliphatic rings. The van der Waals surface area contributed by atoms with Crippen LogP contribution in [0.4, 0.5) is 5.69 Å². The minimum atomic E-state index is 0.579. The Kier molecular flexibility index (Phi) is 5.36. The zero-order valence-corrected chi connectivity index (χ0v) is 20.3. The summed E-state index contributed by atoms with van der Waals surface area (Å²) in [5.41, 5.74) is 7.23. The Morgan fingerprint density at radius 1 is 0.857 bits per heavy atom. The van der Waals surface area contributed by atoms with E-state index in [9.17, 15) is 0 Å². The molecule has 6 heteroatoms. The Morgan fingerprint density at radius 2 is 1.66 bits per heavy atom. The quantitative estimate of drug-likeness (QED) is 0.309. The first-order chi connectivity index (χ1) is 17.1. The smallest absolute Gasteiger partial charge is 0.213 e. The Balaban J connectivity index is 1.34. The van der Waals surface area contributed by atoms with Crippen molar-refractivity contribution in [1.82, 2.24) is 19.6 Å². The van der Waals surface area contributed by atoms with Crippen molar-refractivity contribution in [2.75, 3.05) is 12.0 Å². The molecule has 4 heterocycles. The largest absolute Gasteiger partial charge is 0.481 e. The van der Waals surface area contributed by atoms with Gasteiger partial charge in [0, 0.05) is 52.7 Å². The molecule has 6 rings (SSSR count). The highest BCUT2D eigenvalue weighted by Gasteiger charge is 2.24. The van der Waals surface area contributed by atoms with Gasteiger partial charge in [-0.25, -0.2) is 14.5 Å². The highest BCUT2D eigenvalue weighted by atomic mass is 16.5. The fraction of sp³-hybridized carbons (Fsp3) is 0.276. The van der Waals surface area contributed by atoms with Gasteiger partial charge in [-0.05, 0) is 68.5 Å². The summed E-state index contributed by atoms with van der Waals surface area (Å²) in [5.74, 6) is 0.604. The molecule has 0 unspecified atom stereocenters. The number of rotatable bonds is 4. The maximum absolute atomic E-state index is 5.29. The second-order valence-corrected chi connectivity index (χ2v) is 9.48. The molecule has 0 radical (unpaired) electrons. The molecule has 0 aliphatic carbocycles. The minimum absolute atomic E-state index is 0.579. The van der Waals surface area contributed by atoms with E-state index < -0.39 is 0 Å². The van der Waals surface area contributed by atoms with E-state index in [0.29, 0.717) is 18.0 Å². The Bertz CT molecular complexity index is 1500. The van der Waals surface area contributed by atoms with E-state index >= 15 is 0 Å². The van der Waals surface area contributed by atoms with Crippen LogP contribution in [0.2, 0.25) is 0 Å². The van der Waals surface area contributed by atoms with E-state index in [1.165, 1.54) is 24.9 Å². The van der Waals surface area contributed by atoms with Gasteiger partial charge in [-0.2, -0.15) is 5.10 Å². The first-order valence-electron chi connectivity index (χ1n) is 12.3. The van der Waals surface area contributed by atoms with Crippen molar-refractivity contribution < 1.29 is 4.74 Å². The predicted octanol–water partition coefficient (Wildman–Crippen LogP) is 6.39. The monoisotopic (exact) mass is 463 g/mol. The summed E-state index contributed by atoms with van der Waals surface area (Å²) in [6.45, 7) is 4.67. The fourth-order valence-electron chi connectivity index (χ4n) is 5.45. The zero-order chi connectivity index (χ0) is 23.9. The summed E-state index contributed by atoms with van der Waals surface area (Å²) < 4.78 is 7.15. The molecule has 1 fully saturated rings. The second kappa shape index (κ2) is 8.69. The van der Waals surface area contributed by atoms with Crippen molar-refractivity contribution >= 4 is 22.2 Å². The van der Waals surface area contributed by atoms with E-state index in [0.717, 1.165) is 38.8 Å². The van der Waals surface area contributed by atoms with Crippen molar-refractivity contribution in [3.05, 3.63) is 73.2 Å². The van der Waals surface area contributed by atoms with Gasteiger partial charge in [0.05, 0.1) is 18.8 Å². The lowest BCUT2D eigenvalue weighted by Crippen LogP contribution is -2.43. The van der Waals surface area contributed by atoms with Crippen LogP contribution in [-0.2, 0) is 0 Å². The zero-order valence-electron chi connectivity index (χ0n) is 20.3. The summed E-state index contributed by atoms with van der Waals surface area (Å²) in [6.07, 6.45) is 9.71. The van der Waals surface area contributed by atoms with Crippen molar-refractivity contribution in [1.29, 1.82) is 0 Å². The standard InChI is InChI=1S/C29H29N5O/c1-19-6-4-7-20(2)34(19)23-12-10-21(11-13-23)22-16-30-29-26(17-31-33(29)18-22)24-8-5-9-27-25(24)14-15-28(32-27)35-3/h5,8-20H,4,6-7H2,1-3H3/t19-,20+. The predicted molar refractivity (Wildman–Crippen MR) is 141 cm³/mol. The van der Waals surface area contributed by atoms with Gasteiger partial charge in [-0.1, -0.05) is 24.3 Å². The number of benzene rings is 2. The van der Waals surface area contributed by atoms with Crippen LogP contribution in [-0.4, -0.2) is 38.8 Å². The van der Waals surface area contributed by atoms with Crippen LogP contribution in [0.3, 0.4) is 0 Å². The highest BCUT2D eigenvalue weighted by molar-refractivity contribution is 5.98. The Labute approximate surface area is 205 Å². The van der Waals surface area contributed by atoms with Crippen LogP contribution < -0.4 is 9.64 Å². The average molecular weight is 464 g/mol. The van der Waals surface area contributed by atoms with Crippen molar-refractivity contribution in [3.63, 3.8) is 0 Å². The van der Waals surface area contributed by atoms with Gasteiger partial charge in [0.15, 0.2) is 5.65 Å². The molecular weight excluding hydrogens is 434 g/mol. The third-order valence-corrected chi connectivity index (χ3v) is 7.25. The van der Waals surface area contributed by atoms with Gasteiger partial charge in [-0.3, -0.25) is 0 Å². The number of hydrogen-bond donors (Lipinski definition) is 0. The number of ether oxygens (including phenoxy) is 1. The Morgan fingerprint density at radius 3 is 2.43 bits per heavy atom. The molecule has 0 bridgehead atoms. The molecule has 1 saturated heterocycles. The first kappa shape index (κ1) is 21.6. The SMILES string of the molecule is COc1ccc2c(-c3cnn4cc(-c5ccc(N6[C@H](C)CCC[C@@H]6C)cc5)cnc34)cccc2n1. The third kappa shape index (κ3) is 3.79. The molecule has 0 saturated carbocycles. The molecule has 6 nitrogen and oxygen atoms in total. The summed E-state index contributed by atoms with van der Waals surface area (Å²) in [5, 5.41) is 5.68. The number of methoxy groups -OCH3 is 1. The van der Waals surface area contributed by atoms with E-state index in [1.54, 1.807) is 7.11 Å². The van der Waals surface area contributed by atoms with Gasteiger partial charge in [0.1, 0.15) is 0 Å². The number of pyridine rings is 1. The average Bonchev–Trinajstić information content (AvgIpc) is 3.31. The number of hydrogen-bond acceptors (Lipinski definition) is 5. The molecule has 0 amide bonds. The molecule has 176 valence electrons. The molecule has 3 aromatic heterocycles. The topological polar surface area (TPSA) is 55.6 Å². The summed E-state index contributed by atoms with van der Waals surface area (Å²) in [7, 11) is 1.63. The number of fused-ring (bicyclic) bond motifs is 2. The maximum Gasteiger partial charge on any atom is 0.213 e. The van der Waals surface area contributed by atoms with Gasteiger partial charge in [-0.15, -0.1) is 0 Å². The van der Waals surface area contributed by atoms with Crippen LogP contribution >= 0.6 is 0 Å². The second-order valence-electron chi connectivity index (χ2n) is 9.48. The van der Waals surface area contributed by atoms with Crippen molar-refractivity contribution in [2.45, 2.75) is 45.2 Å². The van der Waals surface area contributed by atoms with E-state index in [4.69, 9.17) is 9.72 Å². The van der Waals surface area contributed by atoms with Crippen LogP contribution in [0.1, 0.15) is 33.1 Å². The van der Waals surface area contributed by atoms with Gasteiger partial charge in [0.25, 0.3) is 0 Å². The molecule has 1 aliphatic heterocycles. The van der Waals surface area contributed by atoms with Crippen LogP contribution in [0, 0.1) is 0 Å². The highest BCUT2D eigenvalue weighted by Crippen LogP contribution is 2.33. The summed E-state index contributed by atoms with van der Waals surface area (Å²) in [4.78, 5) is 11.9. The minimum Gasteiger partial charge on any atom is -0.481 e. The lowest BCUT2D eigenvalue weighted by molar-refractivity contribution is 0.399. The summed E-state index contributed by atoms with van der Waals surface area (Å²) in [6, 6.07) is 20.0. The van der Waals surface area contributed by atoms with Crippen molar-refractivity contribution in [2.24, 2.45) is 0 Å². The summed E-state index contributed by atoms with van der Waals surface area (Å²) >= 11 is 0. The van der Waals surface area contributed by atoms with E-state index in [2.05, 4.69) is 65.4 Å². The fourth-order valence-corrected chi connectivity index (χ4v) is 5.45. The van der Waals surface area contributed by atoms with E-state index in [-0.39, 0.29) is 0 Å². The number of anilines is 1. The molecule has 2 atom stereocenters. The Hall–Kier alpha value is -3.93. The normalized spacial score (nSPS) is 18.3. The molecule has 5 aromatic rings. The lowest BCUT2D eigenvalue weighted by atomic mass is 9.96. The van der Waals surface area contributed by atoms with Gasteiger partial charge >= 0.3 is 0 Å². The molecule has 35 heavy (non-hydrogen) atoms. The van der Waals surface area contributed by atoms with Crippen LogP contribution in [0.5, 0.6) is 5.88 Å². The number of piperidine rings is 1. The number of aromatic nitrogens is 4. The molecule has 0 N–H and O–H groups in total.